The number of nitrogens with zero attached hydrogens (tertiary/aromatic N) is 1. The standard InChI is InChI=1S/C20H25FN4O2/c1-2-22-20(24-12-11-15-3-7-17(21)8-4-15)25-14-13-23-19(27)16-5-9-18(26)10-6-16/h3-10,26H,2,11-14H2,1H3,(H,23,27)(H2,22,24,25). The lowest BCUT2D eigenvalue weighted by Gasteiger charge is -2.12. The lowest BCUT2D eigenvalue weighted by atomic mass is 10.1. The molecule has 0 unspecified atom stereocenters. The molecule has 1 amide bonds. The molecule has 0 aliphatic rings. The van der Waals surface area contributed by atoms with Crippen molar-refractivity contribution in [2.24, 2.45) is 4.99 Å². The number of phenols is 1. The third-order valence-electron chi connectivity index (χ3n) is 3.76. The minimum Gasteiger partial charge on any atom is -0.508 e. The van der Waals surface area contributed by atoms with Crippen LogP contribution in [-0.4, -0.2) is 43.2 Å². The van der Waals surface area contributed by atoms with E-state index < -0.39 is 0 Å². The zero-order chi connectivity index (χ0) is 19.5. The monoisotopic (exact) mass is 372 g/mol. The van der Waals surface area contributed by atoms with Gasteiger partial charge in [-0.3, -0.25) is 9.79 Å². The zero-order valence-electron chi connectivity index (χ0n) is 15.3. The average Bonchev–Trinajstić information content (AvgIpc) is 2.67. The molecule has 6 nitrogen and oxygen atoms in total. The molecular weight excluding hydrogens is 347 g/mol. The van der Waals surface area contributed by atoms with Crippen molar-refractivity contribution in [3.63, 3.8) is 0 Å². The number of carbonyl (C=O) groups is 1. The second kappa shape index (κ2) is 10.8. The molecule has 0 aliphatic carbocycles. The summed E-state index contributed by atoms with van der Waals surface area (Å²) >= 11 is 0. The SMILES string of the molecule is CCNC(=NCCc1ccc(F)cc1)NCCNC(=O)c1ccc(O)cc1. The summed E-state index contributed by atoms with van der Waals surface area (Å²) < 4.78 is 12.9. The van der Waals surface area contributed by atoms with Crippen molar-refractivity contribution in [2.75, 3.05) is 26.2 Å². The molecule has 0 saturated carbocycles. The molecule has 7 heteroatoms. The number of nitrogens with one attached hydrogen (secondary N) is 3. The molecule has 0 aliphatic heterocycles. The van der Waals surface area contributed by atoms with Crippen molar-refractivity contribution >= 4 is 11.9 Å². The van der Waals surface area contributed by atoms with Gasteiger partial charge in [0.2, 0.25) is 0 Å². The van der Waals surface area contributed by atoms with E-state index in [-0.39, 0.29) is 17.5 Å². The molecular formula is C20H25FN4O2. The number of hydrogen-bond acceptors (Lipinski definition) is 3. The van der Waals surface area contributed by atoms with Gasteiger partial charge in [-0.1, -0.05) is 12.1 Å². The summed E-state index contributed by atoms with van der Waals surface area (Å²) in [5.41, 5.74) is 1.52. The summed E-state index contributed by atoms with van der Waals surface area (Å²) in [6.45, 7) is 4.22. The van der Waals surface area contributed by atoms with E-state index in [9.17, 15) is 14.3 Å². The van der Waals surface area contributed by atoms with Crippen LogP contribution in [0.5, 0.6) is 5.75 Å². The maximum Gasteiger partial charge on any atom is 0.251 e. The second-order valence-corrected chi connectivity index (χ2v) is 5.87. The van der Waals surface area contributed by atoms with E-state index in [4.69, 9.17) is 0 Å². The Morgan fingerprint density at radius 1 is 1.00 bits per heavy atom. The summed E-state index contributed by atoms with van der Waals surface area (Å²) in [7, 11) is 0. The van der Waals surface area contributed by atoms with Gasteiger partial charge in [0.15, 0.2) is 5.96 Å². The number of aromatic hydroxyl groups is 1. The van der Waals surface area contributed by atoms with Crippen LogP contribution in [0.3, 0.4) is 0 Å². The Balaban J connectivity index is 1.73. The average molecular weight is 372 g/mol. The first-order valence-corrected chi connectivity index (χ1v) is 8.92. The molecule has 2 aromatic carbocycles. The maximum atomic E-state index is 12.9. The lowest BCUT2D eigenvalue weighted by molar-refractivity contribution is 0.0954. The first kappa shape index (κ1) is 20.2. The Morgan fingerprint density at radius 2 is 1.67 bits per heavy atom. The van der Waals surface area contributed by atoms with Gasteiger partial charge in [-0.05, 0) is 55.3 Å². The fourth-order valence-electron chi connectivity index (χ4n) is 2.36. The predicted molar refractivity (Wildman–Crippen MR) is 105 cm³/mol. The first-order chi connectivity index (χ1) is 13.1. The molecule has 0 bridgehead atoms. The Labute approximate surface area is 158 Å². The minimum absolute atomic E-state index is 0.125. The van der Waals surface area contributed by atoms with Crippen LogP contribution in [0.15, 0.2) is 53.5 Å². The van der Waals surface area contributed by atoms with Crippen molar-refractivity contribution in [2.45, 2.75) is 13.3 Å². The van der Waals surface area contributed by atoms with Crippen molar-refractivity contribution < 1.29 is 14.3 Å². The van der Waals surface area contributed by atoms with Gasteiger partial charge in [-0.15, -0.1) is 0 Å². The van der Waals surface area contributed by atoms with Gasteiger partial charge in [0, 0.05) is 31.7 Å². The van der Waals surface area contributed by atoms with Gasteiger partial charge >= 0.3 is 0 Å². The van der Waals surface area contributed by atoms with E-state index in [1.54, 1.807) is 24.3 Å². The Hall–Kier alpha value is -3.09. The molecule has 0 spiro atoms. The molecule has 0 atom stereocenters. The van der Waals surface area contributed by atoms with E-state index in [2.05, 4.69) is 20.9 Å². The van der Waals surface area contributed by atoms with Crippen LogP contribution in [0.1, 0.15) is 22.8 Å². The fraction of sp³-hybridized carbons (Fsp3) is 0.300. The van der Waals surface area contributed by atoms with Gasteiger partial charge in [0.25, 0.3) is 5.91 Å². The molecule has 2 aromatic rings. The van der Waals surface area contributed by atoms with Crippen LogP contribution in [0, 0.1) is 5.82 Å². The largest absolute Gasteiger partial charge is 0.508 e. The molecule has 4 N–H and O–H groups in total. The summed E-state index contributed by atoms with van der Waals surface area (Å²) in [6.07, 6.45) is 0.717. The third-order valence-corrected chi connectivity index (χ3v) is 3.76. The molecule has 0 heterocycles. The molecule has 27 heavy (non-hydrogen) atoms. The van der Waals surface area contributed by atoms with Crippen LogP contribution in [0.4, 0.5) is 4.39 Å². The molecule has 0 radical (unpaired) electrons. The molecule has 0 aromatic heterocycles. The highest BCUT2D eigenvalue weighted by Gasteiger charge is 2.04. The molecule has 0 fully saturated rings. The number of carbonyl (C=O) groups excluding carboxylic acids is 1. The third kappa shape index (κ3) is 7.35. The zero-order valence-corrected chi connectivity index (χ0v) is 15.3. The van der Waals surface area contributed by atoms with Crippen LogP contribution in [0.2, 0.25) is 0 Å². The molecule has 0 saturated heterocycles. The smallest absolute Gasteiger partial charge is 0.251 e. The van der Waals surface area contributed by atoms with E-state index in [1.165, 1.54) is 24.3 Å². The predicted octanol–water partition coefficient (Wildman–Crippen LogP) is 2.06. The van der Waals surface area contributed by atoms with E-state index in [0.29, 0.717) is 37.6 Å². The Morgan fingerprint density at radius 3 is 2.33 bits per heavy atom. The van der Waals surface area contributed by atoms with E-state index in [1.807, 2.05) is 6.92 Å². The fourth-order valence-corrected chi connectivity index (χ4v) is 2.36. The number of halogens is 1. The quantitative estimate of drug-likeness (QED) is 0.325. The normalized spacial score (nSPS) is 11.1. The van der Waals surface area contributed by atoms with Gasteiger partial charge in [0.1, 0.15) is 11.6 Å². The number of aliphatic imine (C=N–C) groups is 1. The topological polar surface area (TPSA) is 85.8 Å². The highest BCUT2D eigenvalue weighted by Crippen LogP contribution is 2.09. The summed E-state index contributed by atoms with van der Waals surface area (Å²) in [6, 6.07) is 12.5. The van der Waals surface area contributed by atoms with Crippen LogP contribution in [0.25, 0.3) is 0 Å². The number of rotatable bonds is 8. The van der Waals surface area contributed by atoms with Crippen molar-refractivity contribution in [3.05, 3.63) is 65.5 Å². The Kier molecular flexibility index (Phi) is 8.09. The summed E-state index contributed by atoms with van der Waals surface area (Å²) in [4.78, 5) is 16.5. The van der Waals surface area contributed by atoms with Crippen LogP contribution >= 0.6 is 0 Å². The number of benzene rings is 2. The Bertz CT molecular complexity index is 746. The second-order valence-electron chi connectivity index (χ2n) is 5.87. The summed E-state index contributed by atoms with van der Waals surface area (Å²) in [5.74, 6) is 0.348. The summed E-state index contributed by atoms with van der Waals surface area (Å²) in [5, 5.41) is 18.3. The first-order valence-electron chi connectivity index (χ1n) is 8.92. The molecule has 2 rings (SSSR count). The minimum atomic E-state index is -0.244. The highest BCUT2D eigenvalue weighted by molar-refractivity contribution is 5.94. The van der Waals surface area contributed by atoms with E-state index >= 15 is 0 Å². The van der Waals surface area contributed by atoms with Gasteiger partial charge < -0.3 is 21.1 Å². The highest BCUT2D eigenvalue weighted by atomic mass is 19.1. The number of guanidine groups is 1. The van der Waals surface area contributed by atoms with Crippen molar-refractivity contribution in [3.8, 4) is 5.75 Å². The molecule has 144 valence electrons. The van der Waals surface area contributed by atoms with Gasteiger partial charge in [-0.25, -0.2) is 4.39 Å². The number of hydrogen-bond donors (Lipinski definition) is 4. The number of amides is 1. The van der Waals surface area contributed by atoms with Crippen LogP contribution in [-0.2, 0) is 6.42 Å². The van der Waals surface area contributed by atoms with Crippen LogP contribution < -0.4 is 16.0 Å². The van der Waals surface area contributed by atoms with Crippen molar-refractivity contribution in [1.29, 1.82) is 0 Å². The maximum absolute atomic E-state index is 12.9. The lowest BCUT2D eigenvalue weighted by Crippen LogP contribution is -2.41. The number of phenolic OH excluding ortho intramolecular Hbond substituents is 1. The van der Waals surface area contributed by atoms with Gasteiger partial charge in [-0.2, -0.15) is 0 Å². The van der Waals surface area contributed by atoms with Gasteiger partial charge in [0.05, 0.1) is 0 Å². The van der Waals surface area contributed by atoms with E-state index in [0.717, 1.165) is 12.1 Å². The van der Waals surface area contributed by atoms with Crippen molar-refractivity contribution in [1.82, 2.24) is 16.0 Å².